The van der Waals surface area contributed by atoms with Crippen LogP contribution in [-0.2, 0) is 11.2 Å². The molecule has 0 aliphatic heterocycles. The van der Waals surface area contributed by atoms with Crippen LogP contribution in [-0.4, -0.2) is 34.6 Å². The van der Waals surface area contributed by atoms with Crippen molar-refractivity contribution in [2.75, 3.05) is 13.2 Å². The van der Waals surface area contributed by atoms with Gasteiger partial charge >= 0.3 is 5.97 Å². The third-order valence-corrected chi connectivity index (χ3v) is 3.01. The van der Waals surface area contributed by atoms with Gasteiger partial charge in [-0.15, -0.1) is 11.7 Å². The molecule has 2 rings (SSSR count). The van der Waals surface area contributed by atoms with Crippen molar-refractivity contribution >= 4 is 5.97 Å². The number of benzene rings is 1. The van der Waals surface area contributed by atoms with Crippen molar-refractivity contribution in [2.24, 2.45) is 0 Å². The maximum absolute atomic E-state index is 11.9. The van der Waals surface area contributed by atoms with Crippen molar-refractivity contribution in [1.82, 2.24) is 15.4 Å². The fourth-order valence-corrected chi connectivity index (χ4v) is 2.11. The Morgan fingerprint density at radius 3 is 2.82 bits per heavy atom. The zero-order chi connectivity index (χ0) is 15.9. The van der Waals surface area contributed by atoms with Crippen molar-refractivity contribution in [3.05, 3.63) is 42.1 Å². The number of hydrogen-bond acceptors (Lipinski definition) is 5. The highest BCUT2D eigenvalue weighted by Crippen LogP contribution is 2.28. The van der Waals surface area contributed by atoms with Gasteiger partial charge in [0, 0.05) is 5.56 Å². The molecule has 116 valence electrons. The highest BCUT2D eigenvalue weighted by Gasteiger charge is 2.19. The molecule has 0 atom stereocenters. The van der Waals surface area contributed by atoms with E-state index in [-0.39, 0.29) is 12.3 Å². The number of rotatable bonds is 7. The molecule has 22 heavy (non-hydrogen) atoms. The van der Waals surface area contributed by atoms with Gasteiger partial charge in [0.25, 0.3) is 0 Å². The summed E-state index contributed by atoms with van der Waals surface area (Å²) in [6.07, 6.45) is 2.46. The normalized spacial score (nSPS) is 10.3. The Hall–Kier alpha value is -2.63. The first kappa shape index (κ1) is 15.8. The van der Waals surface area contributed by atoms with E-state index >= 15 is 0 Å². The first-order chi connectivity index (χ1) is 10.7. The molecular weight excluding hydrogens is 282 g/mol. The molecule has 0 amide bonds. The van der Waals surface area contributed by atoms with Gasteiger partial charge in [-0.2, -0.15) is 10.3 Å². The second kappa shape index (κ2) is 7.40. The number of H-pyrrole nitrogens is 1. The zero-order valence-corrected chi connectivity index (χ0v) is 12.8. The molecule has 1 heterocycles. The minimum atomic E-state index is -0.495. The largest absolute Gasteiger partial charge is 0.494 e. The fourth-order valence-electron chi connectivity index (χ4n) is 2.11. The van der Waals surface area contributed by atoms with Crippen molar-refractivity contribution in [3.8, 4) is 17.0 Å². The summed E-state index contributed by atoms with van der Waals surface area (Å²) in [5, 5.41) is 10.4. The van der Waals surface area contributed by atoms with Gasteiger partial charge in [-0.3, -0.25) is 0 Å². The summed E-state index contributed by atoms with van der Waals surface area (Å²) >= 11 is 0. The van der Waals surface area contributed by atoms with Gasteiger partial charge in [0.2, 0.25) is 0 Å². The molecule has 6 heteroatoms. The van der Waals surface area contributed by atoms with Gasteiger partial charge in [-0.1, -0.05) is 6.08 Å². The lowest BCUT2D eigenvalue weighted by atomic mass is 10.0. The molecule has 1 aromatic carbocycles. The summed E-state index contributed by atoms with van der Waals surface area (Å²) in [5.41, 5.74) is 2.40. The van der Waals surface area contributed by atoms with E-state index in [4.69, 9.17) is 9.47 Å². The first-order valence-corrected chi connectivity index (χ1v) is 7.16. The van der Waals surface area contributed by atoms with E-state index in [0.29, 0.717) is 18.7 Å². The molecule has 0 radical (unpaired) electrons. The van der Waals surface area contributed by atoms with Gasteiger partial charge in [-0.25, -0.2) is 4.79 Å². The maximum Gasteiger partial charge on any atom is 0.361 e. The summed E-state index contributed by atoms with van der Waals surface area (Å²) in [6.45, 7) is 8.31. The Morgan fingerprint density at radius 1 is 1.32 bits per heavy atom. The molecule has 0 aliphatic carbocycles. The van der Waals surface area contributed by atoms with Gasteiger partial charge in [-0.05, 0) is 44.0 Å². The monoisotopic (exact) mass is 301 g/mol. The van der Waals surface area contributed by atoms with E-state index in [2.05, 4.69) is 22.0 Å². The second-order valence-corrected chi connectivity index (χ2v) is 4.49. The van der Waals surface area contributed by atoms with E-state index in [1.807, 2.05) is 25.1 Å². The number of ether oxygens (including phenoxy) is 2. The molecule has 1 aromatic heterocycles. The van der Waals surface area contributed by atoms with Crippen LogP contribution in [0.4, 0.5) is 0 Å². The number of aromatic nitrogens is 3. The van der Waals surface area contributed by atoms with E-state index in [1.165, 1.54) is 0 Å². The van der Waals surface area contributed by atoms with Crippen molar-refractivity contribution in [2.45, 2.75) is 20.3 Å². The van der Waals surface area contributed by atoms with Crippen LogP contribution in [0.3, 0.4) is 0 Å². The predicted octanol–water partition coefficient (Wildman–Crippen LogP) is 2.78. The van der Waals surface area contributed by atoms with Gasteiger partial charge in [0.1, 0.15) is 11.4 Å². The van der Waals surface area contributed by atoms with Crippen LogP contribution in [0.15, 0.2) is 30.9 Å². The zero-order valence-electron chi connectivity index (χ0n) is 12.8. The lowest BCUT2D eigenvalue weighted by Gasteiger charge is -2.10. The van der Waals surface area contributed by atoms with Crippen LogP contribution in [0.2, 0.25) is 0 Å². The Morgan fingerprint density at radius 2 is 2.14 bits per heavy atom. The standard InChI is InChI=1S/C16H19N3O3/c1-4-7-11-10-12(8-9-13(11)21-5-2)14-15(18-19-17-14)16(20)22-6-3/h4,8-10H,1,5-7H2,2-3H3,(H,17,18,19). The van der Waals surface area contributed by atoms with Gasteiger partial charge < -0.3 is 9.47 Å². The maximum atomic E-state index is 11.9. The van der Waals surface area contributed by atoms with Crippen LogP contribution in [0.1, 0.15) is 29.9 Å². The SMILES string of the molecule is C=CCc1cc(-c2n[nH]nc2C(=O)OCC)ccc1OCC. The number of nitrogens with one attached hydrogen (secondary N) is 1. The average molecular weight is 301 g/mol. The lowest BCUT2D eigenvalue weighted by Crippen LogP contribution is -2.07. The smallest absolute Gasteiger partial charge is 0.361 e. The number of aromatic amines is 1. The quantitative estimate of drug-likeness (QED) is 0.628. The Labute approximate surface area is 129 Å². The molecule has 0 unspecified atom stereocenters. The van der Waals surface area contributed by atoms with Crippen LogP contribution in [0.5, 0.6) is 5.75 Å². The van der Waals surface area contributed by atoms with Crippen LogP contribution < -0.4 is 4.74 Å². The van der Waals surface area contributed by atoms with Crippen molar-refractivity contribution in [3.63, 3.8) is 0 Å². The second-order valence-electron chi connectivity index (χ2n) is 4.49. The summed E-state index contributed by atoms with van der Waals surface area (Å²) in [6, 6.07) is 5.63. The van der Waals surface area contributed by atoms with E-state index in [9.17, 15) is 4.79 Å². The van der Waals surface area contributed by atoms with Crippen LogP contribution in [0, 0.1) is 0 Å². The molecule has 0 fully saturated rings. The minimum absolute atomic E-state index is 0.176. The molecule has 0 saturated heterocycles. The predicted molar refractivity (Wildman–Crippen MR) is 82.8 cm³/mol. The van der Waals surface area contributed by atoms with E-state index in [0.717, 1.165) is 16.9 Å². The van der Waals surface area contributed by atoms with Crippen molar-refractivity contribution < 1.29 is 14.3 Å². The number of allylic oxidation sites excluding steroid dienone is 1. The Kier molecular flexibility index (Phi) is 5.30. The molecule has 1 N–H and O–H groups in total. The number of esters is 1. The van der Waals surface area contributed by atoms with Gasteiger partial charge in [0.05, 0.1) is 13.2 Å². The molecule has 0 bridgehead atoms. The highest BCUT2D eigenvalue weighted by atomic mass is 16.5. The van der Waals surface area contributed by atoms with Crippen LogP contribution >= 0.6 is 0 Å². The number of carbonyl (C=O) groups is 1. The molecule has 0 aliphatic rings. The summed E-state index contributed by atoms with van der Waals surface area (Å²) < 4.78 is 10.6. The molecular formula is C16H19N3O3. The molecule has 0 saturated carbocycles. The average Bonchev–Trinajstić information content (AvgIpc) is 2.99. The summed E-state index contributed by atoms with van der Waals surface area (Å²) in [5.74, 6) is 0.303. The van der Waals surface area contributed by atoms with Crippen molar-refractivity contribution in [1.29, 1.82) is 0 Å². The molecule has 2 aromatic rings. The number of hydrogen-bond donors (Lipinski definition) is 1. The topological polar surface area (TPSA) is 77.1 Å². The van der Waals surface area contributed by atoms with E-state index in [1.54, 1.807) is 13.0 Å². The van der Waals surface area contributed by atoms with Gasteiger partial charge in [0.15, 0.2) is 5.69 Å². The third-order valence-electron chi connectivity index (χ3n) is 3.01. The number of carbonyl (C=O) groups excluding carboxylic acids is 1. The third kappa shape index (κ3) is 3.33. The summed E-state index contributed by atoms with van der Waals surface area (Å²) in [7, 11) is 0. The minimum Gasteiger partial charge on any atom is -0.494 e. The summed E-state index contributed by atoms with van der Waals surface area (Å²) in [4.78, 5) is 11.9. The lowest BCUT2D eigenvalue weighted by molar-refractivity contribution is 0.0520. The van der Waals surface area contributed by atoms with Crippen LogP contribution in [0.25, 0.3) is 11.3 Å². The first-order valence-electron chi connectivity index (χ1n) is 7.16. The van der Waals surface area contributed by atoms with E-state index < -0.39 is 5.97 Å². The number of nitrogens with zero attached hydrogens (tertiary/aromatic N) is 2. The molecule has 0 spiro atoms. The fraction of sp³-hybridized carbons (Fsp3) is 0.312. The Bertz CT molecular complexity index is 664. The Balaban J connectivity index is 2.41. The highest BCUT2D eigenvalue weighted by molar-refractivity contribution is 5.94. The molecule has 6 nitrogen and oxygen atoms in total.